The maximum atomic E-state index is 5.95. The Morgan fingerprint density at radius 3 is 2.94 bits per heavy atom. The van der Waals surface area contributed by atoms with E-state index >= 15 is 0 Å². The van der Waals surface area contributed by atoms with E-state index in [0.717, 1.165) is 24.3 Å². The second-order valence-electron chi connectivity index (χ2n) is 3.46. The zero-order valence-electron chi connectivity index (χ0n) is 9.41. The van der Waals surface area contributed by atoms with Crippen molar-refractivity contribution < 1.29 is 0 Å². The minimum atomic E-state index is 0.407. The van der Waals surface area contributed by atoms with Gasteiger partial charge in [-0.25, -0.2) is 4.98 Å². The highest BCUT2D eigenvalue weighted by atomic mass is 35.5. The first-order valence-electron chi connectivity index (χ1n) is 5.25. The van der Waals surface area contributed by atoms with Gasteiger partial charge in [-0.2, -0.15) is 0 Å². The number of pyridine rings is 1. The molecule has 0 unspecified atom stereocenters. The largest absolute Gasteiger partial charge is 0.345 e. The van der Waals surface area contributed by atoms with E-state index in [0.29, 0.717) is 18.1 Å². The molecule has 3 nitrogen and oxygen atoms in total. The Hall–Kier alpha value is -1.24. The van der Waals surface area contributed by atoms with Crippen LogP contribution in [-0.4, -0.2) is 18.1 Å². The number of nitrogens with zero attached hydrogens (tertiary/aromatic N) is 2. The van der Waals surface area contributed by atoms with Crippen molar-refractivity contribution in [2.24, 2.45) is 5.73 Å². The predicted molar refractivity (Wildman–Crippen MR) is 68.5 cm³/mol. The first-order valence-corrected chi connectivity index (χ1v) is 5.63. The second kappa shape index (κ2) is 6.37. The lowest BCUT2D eigenvalue weighted by atomic mass is 10.2. The summed E-state index contributed by atoms with van der Waals surface area (Å²) < 4.78 is 0. The van der Waals surface area contributed by atoms with Crippen LogP contribution in [0.3, 0.4) is 0 Å². The minimum Gasteiger partial charge on any atom is -0.345 e. The van der Waals surface area contributed by atoms with Crippen LogP contribution in [0.1, 0.15) is 18.9 Å². The van der Waals surface area contributed by atoms with E-state index in [1.807, 2.05) is 11.0 Å². The van der Waals surface area contributed by atoms with Crippen LogP contribution in [0.15, 0.2) is 12.3 Å². The fourth-order valence-electron chi connectivity index (χ4n) is 1.45. The van der Waals surface area contributed by atoms with Crippen LogP contribution >= 0.6 is 11.6 Å². The van der Waals surface area contributed by atoms with E-state index in [9.17, 15) is 0 Å². The van der Waals surface area contributed by atoms with Gasteiger partial charge in [-0.15, -0.1) is 6.42 Å². The maximum Gasteiger partial charge on any atom is 0.129 e. The summed E-state index contributed by atoms with van der Waals surface area (Å²) in [5.74, 6) is 3.46. The van der Waals surface area contributed by atoms with Crippen LogP contribution in [0.4, 0.5) is 5.82 Å². The highest BCUT2D eigenvalue weighted by Gasteiger charge is 2.08. The van der Waals surface area contributed by atoms with Crippen molar-refractivity contribution >= 4 is 17.4 Å². The van der Waals surface area contributed by atoms with Gasteiger partial charge in [0, 0.05) is 19.3 Å². The Morgan fingerprint density at radius 2 is 2.38 bits per heavy atom. The van der Waals surface area contributed by atoms with E-state index < -0.39 is 0 Å². The summed E-state index contributed by atoms with van der Waals surface area (Å²) in [5.41, 5.74) is 6.49. The molecule has 1 heterocycles. The molecule has 86 valence electrons. The number of terminal acetylenes is 1. The third-order valence-electron chi connectivity index (χ3n) is 2.24. The molecular formula is C12H16ClN3. The van der Waals surface area contributed by atoms with E-state index in [1.165, 1.54) is 0 Å². The van der Waals surface area contributed by atoms with E-state index in [-0.39, 0.29) is 0 Å². The average molecular weight is 238 g/mol. The molecule has 1 rings (SSSR count). The lowest BCUT2D eigenvalue weighted by molar-refractivity contribution is 0.807. The average Bonchev–Trinajstić information content (AvgIpc) is 2.29. The number of aromatic nitrogens is 1. The van der Waals surface area contributed by atoms with Gasteiger partial charge in [-0.1, -0.05) is 24.4 Å². The van der Waals surface area contributed by atoms with E-state index in [1.54, 1.807) is 6.20 Å². The van der Waals surface area contributed by atoms with Crippen molar-refractivity contribution in [2.75, 3.05) is 18.0 Å². The number of halogens is 1. The molecule has 2 N–H and O–H groups in total. The lowest BCUT2D eigenvalue weighted by Crippen LogP contribution is -2.25. The first kappa shape index (κ1) is 12.8. The zero-order chi connectivity index (χ0) is 12.0. The van der Waals surface area contributed by atoms with Gasteiger partial charge in [-0.05, 0) is 18.1 Å². The molecule has 0 saturated carbocycles. The van der Waals surface area contributed by atoms with Crippen molar-refractivity contribution in [2.45, 2.75) is 19.9 Å². The molecule has 0 radical (unpaired) electrons. The van der Waals surface area contributed by atoms with Gasteiger partial charge in [0.2, 0.25) is 0 Å². The fraction of sp³-hybridized carbons (Fsp3) is 0.417. The van der Waals surface area contributed by atoms with Crippen LogP contribution in [0.25, 0.3) is 0 Å². The molecule has 0 aliphatic carbocycles. The van der Waals surface area contributed by atoms with Gasteiger partial charge >= 0.3 is 0 Å². The van der Waals surface area contributed by atoms with Crippen molar-refractivity contribution in [1.82, 2.24) is 4.98 Å². The van der Waals surface area contributed by atoms with Crippen LogP contribution in [-0.2, 0) is 6.54 Å². The standard InChI is InChI=1S/C12H16ClN3/c1-3-5-16(6-4-2)12-7-10(8-14)11(13)9-15-12/h1,7,9H,4-6,8,14H2,2H3. The second-order valence-corrected chi connectivity index (χ2v) is 3.87. The summed E-state index contributed by atoms with van der Waals surface area (Å²) >= 11 is 5.95. The Morgan fingerprint density at radius 1 is 1.62 bits per heavy atom. The third kappa shape index (κ3) is 3.13. The summed E-state index contributed by atoms with van der Waals surface area (Å²) in [6.07, 6.45) is 7.97. The SMILES string of the molecule is C#CCN(CCC)c1cc(CN)c(Cl)cn1. The van der Waals surface area contributed by atoms with Crippen molar-refractivity contribution in [3.63, 3.8) is 0 Å². The third-order valence-corrected chi connectivity index (χ3v) is 2.58. The molecule has 0 aliphatic rings. The van der Waals surface area contributed by atoms with Gasteiger partial charge in [0.1, 0.15) is 5.82 Å². The normalized spacial score (nSPS) is 9.88. The number of rotatable bonds is 5. The smallest absolute Gasteiger partial charge is 0.129 e. The zero-order valence-corrected chi connectivity index (χ0v) is 10.2. The number of nitrogens with two attached hydrogens (primary N) is 1. The molecule has 0 fully saturated rings. The molecular weight excluding hydrogens is 222 g/mol. The van der Waals surface area contributed by atoms with Crippen molar-refractivity contribution in [3.8, 4) is 12.3 Å². The first-order chi connectivity index (χ1) is 7.72. The quantitative estimate of drug-likeness (QED) is 0.797. The monoisotopic (exact) mass is 237 g/mol. The Bertz CT molecular complexity index is 384. The van der Waals surface area contributed by atoms with Crippen molar-refractivity contribution in [3.05, 3.63) is 22.8 Å². The summed E-state index contributed by atoms with van der Waals surface area (Å²) in [7, 11) is 0. The molecule has 4 heteroatoms. The van der Waals surface area contributed by atoms with Crippen LogP contribution in [0.5, 0.6) is 0 Å². The lowest BCUT2D eigenvalue weighted by Gasteiger charge is -2.21. The van der Waals surface area contributed by atoms with E-state index in [2.05, 4.69) is 17.8 Å². The highest BCUT2D eigenvalue weighted by Crippen LogP contribution is 2.20. The molecule has 0 amide bonds. The summed E-state index contributed by atoms with van der Waals surface area (Å²) in [4.78, 5) is 6.30. The van der Waals surface area contributed by atoms with Gasteiger partial charge in [-0.3, -0.25) is 0 Å². The molecule has 0 atom stereocenters. The number of hydrogen-bond acceptors (Lipinski definition) is 3. The predicted octanol–water partition coefficient (Wildman–Crippen LogP) is 2.04. The van der Waals surface area contributed by atoms with Gasteiger partial charge in [0.25, 0.3) is 0 Å². The maximum absolute atomic E-state index is 5.95. The number of hydrogen-bond donors (Lipinski definition) is 1. The highest BCUT2D eigenvalue weighted by molar-refractivity contribution is 6.31. The Balaban J connectivity index is 2.96. The van der Waals surface area contributed by atoms with Gasteiger partial charge < -0.3 is 10.6 Å². The molecule has 16 heavy (non-hydrogen) atoms. The molecule has 1 aromatic heterocycles. The topological polar surface area (TPSA) is 42.1 Å². The molecule has 0 bridgehead atoms. The fourth-order valence-corrected chi connectivity index (χ4v) is 1.63. The van der Waals surface area contributed by atoms with Gasteiger partial charge in [0.15, 0.2) is 0 Å². The minimum absolute atomic E-state index is 0.407. The van der Waals surface area contributed by atoms with Gasteiger partial charge in [0.05, 0.1) is 11.6 Å². The van der Waals surface area contributed by atoms with Crippen LogP contribution < -0.4 is 10.6 Å². The Labute approximate surface area is 102 Å². The number of anilines is 1. The molecule has 0 aromatic carbocycles. The molecule has 0 spiro atoms. The summed E-state index contributed by atoms with van der Waals surface area (Å²) in [6, 6.07) is 1.90. The molecule has 1 aromatic rings. The van der Waals surface area contributed by atoms with E-state index in [4.69, 9.17) is 23.8 Å². The summed E-state index contributed by atoms with van der Waals surface area (Å²) in [6.45, 7) is 3.93. The van der Waals surface area contributed by atoms with Crippen LogP contribution in [0.2, 0.25) is 5.02 Å². The molecule has 0 aliphatic heterocycles. The van der Waals surface area contributed by atoms with Crippen molar-refractivity contribution in [1.29, 1.82) is 0 Å². The van der Waals surface area contributed by atoms with Crippen LogP contribution in [0, 0.1) is 12.3 Å². The Kier molecular flexibility index (Phi) is 5.10. The summed E-state index contributed by atoms with van der Waals surface area (Å²) in [5, 5.41) is 0.600. The molecule has 0 saturated heterocycles.